The van der Waals surface area contributed by atoms with Crippen molar-refractivity contribution < 1.29 is 5.11 Å². The first-order chi connectivity index (χ1) is 7.68. The molecule has 0 atom stereocenters. The number of phenolic OH excluding ortho intramolecular Hbond substituents is 1. The van der Waals surface area contributed by atoms with E-state index >= 15 is 0 Å². The predicted octanol–water partition coefficient (Wildman–Crippen LogP) is 3.64. The van der Waals surface area contributed by atoms with Gasteiger partial charge in [-0.1, -0.05) is 18.2 Å². The number of benzene rings is 2. The van der Waals surface area contributed by atoms with Gasteiger partial charge in [-0.25, -0.2) is 0 Å². The van der Waals surface area contributed by atoms with E-state index in [1.807, 2.05) is 13.0 Å². The fourth-order valence-electron chi connectivity index (χ4n) is 2.27. The molecule has 0 aliphatic rings. The van der Waals surface area contributed by atoms with Crippen LogP contribution in [0.5, 0.6) is 5.75 Å². The number of fused-ring (bicyclic) bond motifs is 3. The minimum absolute atomic E-state index is 0.344. The molecule has 0 spiro atoms. The van der Waals surface area contributed by atoms with Gasteiger partial charge in [-0.05, 0) is 31.5 Å². The highest BCUT2D eigenvalue weighted by atomic mass is 16.3. The van der Waals surface area contributed by atoms with Gasteiger partial charge in [0.2, 0.25) is 0 Å². The Morgan fingerprint density at radius 3 is 2.50 bits per heavy atom. The van der Waals surface area contributed by atoms with Gasteiger partial charge in [0.1, 0.15) is 5.75 Å². The van der Waals surface area contributed by atoms with Crippen LogP contribution in [0, 0.1) is 13.8 Å². The summed E-state index contributed by atoms with van der Waals surface area (Å²) >= 11 is 0. The molecule has 0 saturated carbocycles. The summed E-state index contributed by atoms with van der Waals surface area (Å²) in [5, 5.41) is 12.1. The number of aromatic nitrogens is 1. The highest BCUT2D eigenvalue weighted by Gasteiger charge is 2.09. The van der Waals surface area contributed by atoms with Crippen LogP contribution in [0.1, 0.15) is 11.1 Å². The summed E-state index contributed by atoms with van der Waals surface area (Å²) in [4.78, 5) is 3.40. The molecule has 3 aromatic rings. The van der Waals surface area contributed by atoms with E-state index in [1.54, 1.807) is 6.07 Å². The summed E-state index contributed by atoms with van der Waals surface area (Å²) in [5.74, 6) is 0.344. The molecule has 2 N–H and O–H groups in total. The van der Waals surface area contributed by atoms with Gasteiger partial charge >= 0.3 is 0 Å². The molecule has 3 rings (SSSR count). The van der Waals surface area contributed by atoms with Gasteiger partial charge in [-0.3, -0.25) is 0 Å². The Morgan fingerprint density at radius 1 is 0.938 bits per heavy atom. The van der Waals surface area contributed by atoms with Crippen LogP contribution in [-0.4, -0.2) is 10.1 Å². The van der Waals surface area contributed by atoms with E-state index in [9.17, 15) is 5.11 Å². The molecule has 0 aliphatic heterocycles. The fraction of sp³-hybridized carbons (Fsp3) is 0.143. The van der Waals surface area contributed by atoms with Crippen LogP contribution in [0.25, 0.3) is 21.8 Å². The largest absolute Gasteiger partial charge is 0.508 e. The van der Waals surface area contributed by atoms with Gasteiger partial charge in [0, 0.05) is 21.9 Å². The van der Waals surface area contributed by atoms with Crippen molar-refractivity contribution in [1.29, 1.82) is 0 Å². The highest BCUT2D eigenvalue weighted by molar-refractivity contribution is 6.09. The number of hydrogen-bond acceptors (Lipinski definition) is 1. The molecule has 2 aromatic carbocycles. The fourth-order valence-corrected chi connectivity index (χ4v) is 2.27. The molecule has 0 radical (unpaired) electrons. The summed E-state index contributed by atoms with van der Waals surface area (Å²) in [6, 6.07) is 9.99. The SMILES string of the molecule is Cc1cccc2c1[nH]c1c(C)c(O)ccc12. The Kier molecular flexibility index (Phi) is 1.75. The monoisotopic (exact) mass is 211 g/mol. The Balaban J connectivity index is 2.60. The third-order valence-corrected chi connectivity index (χ3v) is 3.25. The summed E-state index contributed by atoms with van der Waals surface area (Å²) in [5.41, 5.74) is 4.33. The van der Waals surface area contributed by atoms with Gasteiger partial charge in [0.05, 0.1) is 5.52 Å². The van der Waals surface area contributed by atoms with Crippen molar-refractivity contribution in [3.8, 4) is 5.75 Å². The Morgan fingerprint density at radius 2 is 1.69 bits per heavy atom. The molecule has 0 aliphatic carbocycles. The number of H-pyrrole nitrogens is 1. The van der Waals surface area contributed by atoms with E-state index in [1.165, 1.54) is 16.3 Å². The lowest BCUT2D eigenvalue weighted by Gasteiger charge is -1.98. The van der Waals surface area contributed by atoms with E-state index in [4.69, 9.17) is 0 Å². The van der Waals surface area contributed by atoms with Crippen LogP contribution in [0.4, 0.5) is 0 Å². The maximum absolute atomic E-state index is 9.69. The topological polar surface area (TPSA) is 36.0 Å². The predicted molar refractivity (Wildman–Crippen MR) is 66.9 cm³/mol. The van der Waals surface area contributed by atoms with Gasteiger partial charge in [0.15, 0.2) is 0 Å². The number of phenols is 1. The maximum atomic E-state index is 9.69. The number of aromatic amines is 1. The third-order valence-electron chi connectivity index (χ3n) is 3.25. The van der Waals surface area contributed by atoms with Gasteiger partial charge in [0.25, 0.3) is 0 Å². The molecule has 0 fully saturated rings. The first kappa shape index (κ1) is 9.28. The lowest BCUT2D eigenvalue weighted by Crippen LogP contribution is -1.77. The number of para-hydroxylation sites is 1. The Hall–Kier alpha value is -1.96. The number of hydrogen-bond donors (Lipinski definition) is 2. The van der Waals surface area contributed by atoms with Crippen molar-refractivity contribution in [1.82, 2.24) is 4.98 Å². The van der Waals surface area contributed by atoms with E-state index in [0.717, 1.165) is 16.6 Å². The van der Waals surface area contributed by atoms with Crippen LogP contribution in [0.2, 0.25) is 0 Å². The molecule has 16 heavy (non-hydrogen) atoms. The second-order valence-corrected chi connectivity index (χ2v) is 4.25. The second kappa shape index (κ2) is 3.01. The van der Waals surface area contributed by atoms with Crippen LogP contribution in [0.3, 0.4) is 0 Å². The van der Waals surface area contributed by atoms with Gasteiger partial charge < -0.3 is 10.1 Å². The van der Waals surface area contributed by atoms with E-state index in [-0.39, 0.29) is 0 Å². The highest BCUT2D eigenvalue weighted by Crippen LogP contribution is 2.32. The van der Waals surface area contributed by atoms with E-state index < -0.39 is 0 Å². The first-order valence-electron chi connectivity index (χ1n) is 5.38. The number of nitrogens with one attached hydrogen (secondary N) is 1. The molecule has 1 heterocycles. The van der Waals surface area contributed by atoms with Crippen LogP contribution in [-0.2, 0) is 0 Å². The molecule has 2 nitrogen and oxygen atoms in total. The van der Waals surface area contributed by atoms with Crippen LogP contribution >= 0.6 is 0 Å². The van der Waals surface area contributed by atoms with Crippen molar-refractivity contribution in [2.24, 2.45) is 0 Å². The quantitative estimate of drug-likeness (QED) is 0.585. The first-order valence-corrected chi connectivity index (χ1v) is 5.38. The second-order valence-electron chi connectivity index (χ2n) is 4.25. The van der Waals surface area contributed by atoms with Crippen molar-refractivity contribution in [2.45, 2.75) is 13.8 Å². The Bertz CT molecular complexity index is 695. The van der Waals surface area contributed by atoms with Gasteiger partial charge in [-0.2, -0.15) is 0 Å². The molecule has 0 unspecified atom stereocenters. The molecular weight excluding hydrogens is 198 g/mol. The van der Waals surface area contributed by atoms with Gasteiger partial charge in [-0.15, -0.1) is 0 Å². The molecule has 0 amide bonds. The zero-order valence-electron chi connectivity index (χ0n) is 9.33. The molecule has 2 heteroatoms. The smallest absolute Gasteiger partial charge is 0.120 e. The summed E-state index contributed by atoms with van der Waals surface area (Å²) in [6.45, 7) is 4.02. The van der Waals surface area contributed by atoms with Crippen LogP contribution < -0.4 is 0 Å². The average molecular weight is 211 g/mol. The van der Waals surface area contributed by atoms with Crippen LogP contribution in [0.15, 0.2) is 30.3 Å². The van der Waals surface area contributed by atoms with E-state index in [0.29, 0.717) is 5.75 Å². The number of aromatic hydroxyl groups is 1. The standard InChI is InChI=1S/C14H13NO/c1-8-4-3-5-10-11-6-7-12(16)9(2)14(11)15-13(8)10/h3-7,15-16H,1-2H3. The maximum Gasteiger partial charge on any atom is 0.120 e. The summed E-state index contributed by atoms with van der Waals surface area (Å²) in [7, 11) is 0. The number of aryl methyl sites for hydroxylation is 2. The summed E-state index contributed by atoms with van der Waals surface area (Å²) < 4.78 is 0. The molecule has 80 valence electrons. The molecule has 0 bridgehead atoms. The molecule has 1 aromatic heterocycles. The van der Waals surface area contributed by atoms with Crippen molar-refractivity contribution in [3.05, 3.63) is 41.5 Å². The normalized spacial score (nSPS) is 11.4. The lowest BCUT2D eigenvalue weighted by atomic mass is 10.1. The van der Waals surface area contributed by atoms with Crippen molar-refractivity contribution in [3.63, 3.8) is 0 Å². The average Bonchev–Trinajstić information content (AvgIpc) is 2.65. The summed E-state index contributed by atoms with van der Waals surface area (Å²) in [6.07, 6.45) is 0. The zero-order valence-corrected chi connectivity index (χ0v) is 9.33. The number of rotatable bonds is 0. The van der Waals surface area contributed by atoms with E-state index in [2.05, 4.69) is 30.1 Å². The lowest BCUT2D eigenvalue weighted by molar-refractivity contribution is 0.472. The Labute approximate surface area is 93.5 Å². The minimum atomic E-state index is 0.344. The third kappa shape index (κ3) is 1.07. The molecular formula is C14H13NO. The minimum Gasteiger partial charge on any atom is -0.508 e. The zero-order chi connectivity index (χ0) is 11.3. The molecule has 0 saturated heterocycles. The van der Waals surface area contributed by atoms with Crippen molar-refractivity contribution >= 4 is 21.8 Å². The van der Waals surface area contributed by atoms with Crippen molar-refractivity contribution in [2.75, 3.05) is 0 Å².